The van der Waals surface area contributed by atoms with Gasteiger partial charge < -0.3 is 19.7 Å². The van der Waals surface area contributed by atoms with E-state index in [1.807, 2.05) is 12.1 Å². The Kier molecular flexibility index (Phi) is 11.1. The van der Waals surface area contributed by atoms with Crippen molar-refractivity contribution in [2.45, 2.75) is 69.5 Å². The summed E-state index contributed by atoms with van der Waals surface area (Å²) in [6, 6.07) is 21.2. The molecule has 1 aliphatic carbocycles. The second-order valence-electron chi connectivity index (χ2n) is 10.6. The van der Waals surface area contributed by atoms with Crippen molar-refractivity contribution < 1.29 is 27.5 Å². The van der Waals surface area contributed by atoms with Crippen LogP contribution in [-0.4, -0.2) is 57.5 Å². The van der Waals surface area contributed by atoms with Crippen molar-refractivity contribution in [3.63, 3.8) is 0 Å². The number of rotatable bonds is 13. The van der Waals surface area contributed by atoms with Crippen molar-refractivity contribution in [2.75, 3.05) is 24.6 Å². The molecule has 1 saturated carbocycles. The van der Waals surface area contributed by atoms with E-state index in [1.54, 1.807) is 75.6 Å². The van der Waals surface area contributed by atoms with Gasteiger partial charge in [-0.25, -0.2) is 8.42 Å². The van der Waals surface area contributed by atoms with Gasteiger partial charge in [-0.2, -0.15) is 0 Å². The zero-order chi connectivity index (χ0) is 30.8. The summed E-state index contributed by atoms with van der Waals surface area (Å²) in [4.78, 5) is 29.2. The van der Waals surface area contributed by atoms with Gasteiger partial charge in [0.15, 0.2) is 0 Å². The number of nitrogens with zero attached hydrogens (tertiary/aromatic N) is 2. The Balaban J connectivity index is 1.70. The first-order valence-electron chi connectivity index (χ1n) is 14.8. The standard InChI is InChI=1S/C33H41N3O6S/c1-4-42-31-18-12-11-17-30(31)36(43(39,40)29-15-9-6-10-16-29)24-32(37)35(23-26-19-21-28(41-3)22-20-26)25(2)33(38)34-27-13-7-5-8-14-27/h6,9-12,15-22,25,27H,4-5,7-8,13-14,23-24H2,1-3H3,(H,34,38)/t25-/m0/s1. The average Bonchev–Trinajstić information content (AvgIpc) is 3.03. The van der Waals surface area contributed by atoms with Crippen molar-refractivity contribution in [3.8, 4) is 11.5 Å². The largest absolute Gasteiger partial charge is 0.497 e. The number of hydrogen-bond acceptors (Lipinski definition) is 6. The molecule has 230 valence electrons. The minimum absolute atomic E-state index is 0.0406. The highest BCUT2D eigenvalue weighted by molar-refractivity contribution is 7.92. The molecule has 1 atom stereocenters. The van der Waals surface area contributed by atoms with E-state index in [1.165, 1.54) is 17.0 Å². The number of carbonyl (C=O) groups is 2. The molecule has 0 spiro atoms. The maximum Gasteiger partial charge on any atom is 0.264 e. The van der Waals surface area contributed by atoms with Gasteiger partial charge in [0.05, 0.1) is 24.3 Å². The highest BCUT2D eigenvalue weighted by atomic mass is 32.2. The summed E-state index contributed by atoms with van der Waals surface area (Å²) in [5.74, 6) is 0.216. The van der Waals surface area contributed by atoms with Crippen LogP contribution in [0.3, 0.4) is 0 Å². The van der Waals surface area contributed by atoms with Crippen LogP contribution in [0, 0.1) is 0 Å². The van der Waals surface area contributed by atoms with E-state index in [4.69, 9.17) is 9.47 Å². The van der Waals surface area contributed by atoms with E-state index in [-0.39, 0.29) is 29.1 Å². The van der Waals surface area contributed by atoms with Crippen LogP contribution in [0.4, 0.5) is 5.69 Å². The fourth-order valence-corrected chi connectivity index (χ4v) is 6.70. The highest BCUT2D eigenvalue weighted by Crippen LogP contribution is 2.33. The SMILES string of the molecule is CCOc1ccccc1N(CC(=O)N(Cc1ccc(OC)cc1)[C@@H](C)C(=O)NC1CCCCC1)S(=O)(=O)c1ccccc1. The van der Waals surface area contributed by atoms with E-state index in [0.29, 0.717) is 18.1 Å². The minimum atomic E-state index is -4.19. The number of carbonyl (C=O) groups excluding carboxylic acids is 2. The molecule has 0 aromatic heterocycles. The number of anilines is 1. The van der Waals surface area contributed by atoms with Gasteiger partial charge in [-0.05, 0) is 68.7 Å². The van der Waals surface area contributed by atoms with Crippen molar-refractivity contribution in [3.05, 3.63) is 84.4 Å². The van der Waals surface area contributed by atoms with Gasteiger partial charge in [0, 0.05) is 12.6 Å². The fourth-order valence-electron chi connectivity index (χ4n) is 5.25. The van der Waals surface area contributed by atoms with Crippen LogP contribution in [0.25, 0.3) is 0 Å². The van der Waals surface area contributed by atoms with Gasteiger partial charge in [0.2, 0.25) is 11.8 Å². The average molecular weight is 608 g/mol. The molecule has 0 heterocycles. The van der Waals surface area contributed by atoms with Gasteiger partial charge in [0.1, 0.15) is 24.1 Å². The Labute approximate surface area is 254 Å². The number of hydrogen-bond donors (Lipinski definition) is 1. The number of methoxy groups -OCH3 is 1. The Morgan fingerprint density at radius 3 is 2.23 bits per heavy atom. The number of sulfonamides is 1. The first-order valence-corrected chi connectivity index (χ1v) is 16.2. The molecule has 1 fully saturated rings. The molecule has 0 saturated heterocycles. The first-order chi connectivity index (χ1) is 20.7. The summed E-state index contributed by atoms with van der Waals surface area (Å²) < 4.78 is 40.2. The summed E-state index contributed by atoms with van der Waals surface area (Å²) in [7, 11) is -2.61. The molecule has 0 aliphatic heterocycles. The molecule has 43 heavy (non-hydrogen) atoms. The fraction of sp³-hybridized carbons (Fsp3) is 0.394. The molecule has 9 nitrogen and oxygen atoms in total. The lowest BCUT2D eigenvalue weighted by Crippen LogP contribution is -2.53. The minimum Gasteiger partial charge on any atom is -0.497 e. The molecule has 0 unspecified atom stereocenters. The number of para-hydroxylation sites is 2. The smallest absolute Gasteiger partial charge is 0.264 e. The number of nitrogens with one attached hydrogen (secondary N) is 1. The molecule has 3 aromatic carbocycles. The normalized spacial score (nSPS) is 14.4. The second-order valence-corrected chi connectivity index (χ2v) is 12.5. The lowest BCUT2D eigenvalue weighted by Gasteiger charge is -2.33. The van der Waals surface area contributed by atoms with Crippen molar-refractivity contribution in [2.24, 2.45) is 0 Å². The summed E-state index contributed by atoms with van der Waals surface area (Å²) in [6.45, 7) is 3.38. The van der Waals surface area contributed by atoms with E-state index < -0.39 is 28.5 Å². The third-order valence-electron chi connectivity index (χ3n) is 7.67. The van der Waals surface area contributed by atoms with Crippen LogP contribution in [0.2, 0.25) is 0 Å². The molecular weight excluding hydrogens is 566 g/mol. The summed E-state index contributed by atoms with van der Waals surface area (Å²) >= 11 is 0. The van der Waals surface area contributed by atoms with E-state index >= 15 is 0 Å². The molecule has 4 rings (SSSR count). The van der Waals surface area contributed by atoms with Crippen LogP contribution >= 0.6 is 0 Å². The van der Waals surface area contributed by atoms with Gasteiger partial charge in [-0.1, -0.05) is 61.7 Å². The van der Waals surface area contributed by atoms with Crippen LogP contribution in [-0.2, 0) is 26.2 Å². The van der Waals surface area contributed by atoms with Crippen LogP contribution < -0.4 is 19.1 Å². The highest BCUT2D eigenvalue weighted by Gasteiger charge is 2.34. The Morgan fingerprint density at radius 2 is 1.58 bits per heavy atom. The number of benzene rings is 3. The van der Waals surface area contributed by atoms with Crippen molar-refractivity contribution in [1.82, 2.24) is 10.2 Å². The number of ether oxygens (including phenoxy) is 2. The Hall–Kier alpha value is -4.05. The summed E-state index contributed by atoms with van der Waals surface area (Å²) in [5.41, 5.74) is 1.02. The topological polar surface area (TPSA) is 105 Å². The van der Waals surface area contributed by atoms with Gasteiger partial charge in [-0.15, -0.1) is 0 Å². The Morgan fingerprint density at radius 1 is 0.930 bits per heavy atom. The van der Waals surface area contributed by atoms with Crippen LogP contribution in [0.1, 0.15) is 51.5 Å². The van der Waals surface area contributed by atoms with Crippen LogP contribution in [0.15, 0.2) is 83.8 Å². The zero-order valence-corrected chi connectivity index (χ0v) is 25.9. The lowest BCUT2D eigenvalue weighted by molar-refractivity contribution is -0.139. The third kappa shape index (κ3) is 8.07. The summed E-state index contributed by atoms with van der Waals surface area (Å²) in [5, 5.41) is 3.12. The summed E-state index contributed by atoms with van der Waals surface area (Å²) in [6.07, 6.45) is 5.07. The second kappa shape index (κ2) is 14.9. The van der Waals surface area contributed by atoms with Gasteiger partial charge >= 0.3 is 0 Å². The van der Waals surface area contributed by atoms with Crippen molar-refractivity contribution in [1.29, 1.82) is 0 Å². The maximum absolute atomic E-state index is 14.2. The molecule has 10 heteroatoms. The predicted octanol–water partition coefficient (Wildman–Crippen LogP) is 5.16. The lowest BCUT2D eigenvalue weighted by atomic mass is 9.95. The van der Waals surface area contributed by atoms with Gasteiger partial charge in [0.25, 0.3) is 10.0 Å². The van der Waals surface area contributed by atoms with Crippen LogP contribution in [0.5, 0.6) is 11.5 Å². The van der Waals surface area contributed by atoms with E-state index in [9.17, 15) is 18.0 Å². The van der Waals surface area contributed by atoms with E-state index in [0.717, 1.165) is 42.0 Å². The third-order valence-corrected chi connectivity index (χ3v) is 9.45. The quantitative estimate of drug-likeness (QED) is 0.288. The number of amides is 2. The van der Waals surface area contributed by atoms with Gasteiger partial charge in [-0.3, -0.25) is 13.9 Å². The van der Waals surface area contributed by atoms with E-state index in [2.05, 4.69) is 5.32 Å². The molecule has 0 radical (unpaired) electrons. The Bertz CT molecular complexity index is 1460. The first kappa shape index (κ1) is 31.9. The molecule has 1 N–H and O–H groups in total. The zero-order valence-electron chi connectivity index (χ0n) is 25.1. The molecule has 3 aromatic rings. The predicted molar refractivity (Wildman–Crippen MR) is 167 cm³/mol. The molecule has 1 aliphatic rings. The molecule has 0 bridgehead atoms. The molecular formula is C33H41N3O6S. The maximum atomic E-state index is 14.2. The molecule has 2 amide bonds. The van der Waals surface area contributed by atoms with Crippen molar-refractivity contribution >= 4 is 27.5 Å². The monoisotopic (exact) mass is 607 g/mol.